The van der Waals surface area contributed by atoms with Gasteiger partial charge in [-0.15, -0.1) is 0 Å². The number of ketones is 1. The highest BCUT2D eigenvalue weighted by atomic mass is 16.1. The van der Waals surface area contributed by atoms with E-state index in [9.17, 15) is 4.79 Å². The van der Waals surface area contributed by atoms with Crippen molar-refractivity contribution in [2.75, 3.05) is 0 Å². The second-order valence-electron chi connectivity index (χ2n) is 3.66. The maximum Gasteiger partial charge on any atom is 0.139 e. The summed E-state index contributed by atoms with van der Waals surface area (Å²) in [5, 5.41) is 0. The summed E-state index contributed by atoms with van der Waals surface area (Å²) in [7, 11) is 0. The van der Waals surface area contributed by atoms with Gasteiger partial charge in [-0.25, -0.2) is 0 Å². The summed E-state index contributed by atoms with van der Waals surface area (Å²) in [6.07, 6.45) is 5.06. The van der Waals surface area contributed by atoms with E-state index in [0.29, 0.717) is 5.78 Å². The van der Waals surface area contributed by atoms with Crippen molar-refractivity contribution in [3.63, 3.8) is 0 Å². The van der Waals surface area contributed by atoms with E-state index in [1.807, 2.05) is 0 Å². The molecular weight excluding hydrogens is 124 g/mol. The molecule has 1 heteroatoms. The average Bonchev–Trinajstić information content (AvgIpc) is 2.12. The van der Waals surface area contributed by atoms with Crippen LogP contribution in [0.5, 0.6) is 0 Å². The highest BCUT2D eigenvalue weighted by Gasteiger charge is 2.48. The SMILES string of the molecule is C=C1CC2(CCCC2=O)C1. The molecule has 2 rings (SSSR count). The number of allylic oxidation sites excluding steroid dienone is 1. The van der Waals surface area contributed by atoms with Crippen LogP contribution in [0.15, 0.2) is 12.2 Å². The summed E-state index contributed by atoms with van der Waals surface area (Å²) in [6.45, 7) is 3.86. The van der Waals surface area contributed by atoms with E-state index in [0.717, 1.165) is 32.1 Å². The highest BCUT2D eigenvalue weighted by Crippen LogP contribution is 2.52. The summed E-state index contributed by atoms with van der Waals surface area (Å²) in [5.74, 6) is 0.500. The van der Waals surface area contributed by atoms with Gasteiger partial charge in [0.25, 0.3) is 0 Å². The van der Waals surface area contributed by atoms with Crippen molar-refractivity contribution in [3.05, 3.63) is 12.2 Å². The van der Waals surface area contributed by atoms with Crippen molar-refractivity contribution in [2.24, 2.45) is 5.41 Å². The molecule has 2 aliphatic carbocycles. The minimum Gasteiger partial charge on any atom is -0.299 e. The lowest BCUT2D eigenvalue weighted by atomic mass is 9.64. The molecule has 54 valence electrons. The van der Waals surface area contributed by atoms with E-state index in [1.54, 1.807) is 0 Å². The maximum absolute atomic E-state index is 11.3. The van der Waals surface area contributed by atoms with Crippen LogP contribution in [0.4, 0.5) is 0 Å². The smallest absolute Gasteiger partial charge is 0.139 e. The molecule has 0 bridgehead atoms. The molecule has 2 aliphatic rings. The quantitative estimate of drug-likeness (QED) is 0.466. The molecule has 0 atom stereocenters. The average molecular weight is 136 g/mol. The summed E-state index contributed by atoms with van der Waals surface area (Å²) < 4.78 is 0. The lowest BCUT2D eigenvalue weighted by Crippen LogP contribution is -2.34. The lowest BCUT2D eigenvalue weighted by molar-refractivity contribution is -0.127. The highest BCUT2D eigenvalue weighted by molar-refractivity contribution is 5.88. The Morgan fingerprint density at radius 3 is 2.50 bits per heavy atom. The van der Waals surface area contributed by atoms with E-state index in [1.165, 1.54) is 5.57 Å². The Balaban J connectivity index is 2.17. The van der Waals surface area contributed by atoms with Gasteiger partial charge in [-0.1, -0.05) is 12.2 Å². The number of rotatable bonds is 0. The molecular formula is C9H12O. The molecule has 0 unspecified atom stereocenters. The van der Waals surface area contributed by atoms with Gasteiger partial charge < -0.3 is 0 Å². The third-order valence-electron chi connectivity index (χ3n) is 2.83. The van der Waals surface area contributed by atoms with Gasteiger partial charge in [0.05, 0.1) is 0 Å². The zero-order valence-corrected chi connectivity index (χ0v) is 6.15. The van der Waals surface area contributed by atoms with Crippen LogP contribution in [0.3, 0.4) is 0 Å². The Labute approximate surface area is 61.1 Å². The Bertz CT molecular complexity index is 195. The fourth-order valence-electron chi connectivity index (χ4n) is 2.27. The number of carbonyl (C=O) groups is 1. The van der Waals surface area contributed by atoms with E-state index >= 15 is 0 Å². The topological polar surface area (TPSA) is 17.1 Å². The molecule has 0 N–H and O–H groups in total. The first-order valence-electron chi connectivity index (χ1n) is 3.93. The minimum absolute atomic E-state index is 0.108. The summed E-state index contributed by atoms with van der Waals surface area (Å²) in [6, 6.07) is 0. The van der Waals surface area contributed by atoms with Gasteiger partial charge in [0.1, 0.15) is 5.78 Å². The summed E-state index contributed by atoms with van der Waals surface area (Å²) >= 11 is 0. The Hall–Kier alpha value is -0.590. The standard InChI is InChI=1S/C9H12O/c1-7-5-9(6-7)4-2-3-8(9)10/h1-6H2. The predicted octanol–water partition coefficient (Wildman–Crippen LogP) is 2.08. The van der Waals surface area contributed by atoms with Crippen molar-refractivity contribution in [3.8, 4) is 0 Å². The fourth-order valence-corrected chi connectivity index (χ4v) is 2.27. The first kappa shape index (κ1) is 6.14. The maximum atomic E-state index is 11.3. The molecule has 0 aliphatic heterocycles. The van der Waals surface area contributed by atoms with Gasteiger partial charge in [0.2, 0.25) is 0 Å². The zero-order chi connectivity index (χ0) is 7.19. The second kappa shape index (κ2) is 1.71. The molecule has 0 radical (unpaired) electrons. The molecule has 0 aromatic heterocycles. The van der Waals surface area contributed by atoms with E-state index in [4.69, 9.17) is 0 Å². The minimum atomic E-state index is 0.108. The Kier molecular flexibility index (Phi) is 1.05. The van der Waals surface area contributed by atoms with Gasteiger partial charge in [-0.2, -0.15) is 0 Å². The third kappa shape index (κ3) is 0.606. The van der Waals surface area contributed by atoms with Gasteiger partial charge in [-0.05, 0) is 25.7 Å². The van der Waals surface area contributed by atoms with Crippen molar-refractivity contribution >= 4 is 5.78 Å². The molecule has 0 saturated heterocycles. The number of carbonyl (C=O) groups excluding carboxylic acids is 1. The van der Waals surface area contributed by atoms with E-state index in [2.05, 4.69) is 6.58 Å². The molecule has 0 amide bonds. The molecule has 1 spiro atoms. The van der Waals surface area contributed by atoms with Crippen molar-refractivity contribution in [1.29, 1.82) is 0 Å². The third-order valence-corrected chi connectivity index (χ3v) is 2.83. The Morgan fingerprint density at radius 1 is 1.40 bits per heavy atom. The van der Waals surface area contributed by atoms with E-state index < -0.39 is 0 Å². The van der Waals surface area contributed by atoms with Gasteiger partial charge in [0.15, 0.2) is 0 Å². The van der Waals surface area contributed by atoms with Crippen LogP contribution in [0.2, 0.25) is 0 Å². The zero-order valence-electron chi connectivity index (χ0n) is 6.15. The number of hydrogen-bond donors (Lipinski definition) is 0. The van der Waals surface area contributed by atoms with Gasteiger partial charge in [0, 0.05) is 11.8 Å². The number of hydrogen-bond acceptors (Lipinski definition) is 1. The first-order valence-corrected chi connectivity index (χ1v) is 3.93. The van der Waals surface area contributed by atoms with Crippen LogP contribution >= 0.6 is 0 Å². The molecule has 2 saturated carbocycles. The first-order chi connectivity index (χ1) is 4.73. The summed E-state index contributed by atoms with van der Waals surface area (Å²) in [4.78, 5) is 11.3. The lowest BCUT2D eigenvalue weighted by Gasteiger charge is -2.38. The van der Waals surface area contributed by atoms with Crippen LogP contribution in [-0.2, 0) is 4.79 Å². The van der Waals surface area contributed by atoms with Crippen LogP contribution in [0.1, 0.15) is 32.1 Å². The largest absolute Gasteiger partial charge is 0.299 e. The normalized spacial score (nSPS) is 29.2. The molecule has 10 heavy (non-hydrogen) atoms. The molecule has 0 aromatic rings. The molecule has 1 nitrogen and oxygen atoms in total. The van der Waals surface area contributed by atoms with E-state index in [-0.39, 0.29) is 5.41 Å². The molecule has 2 fully saturated rings. The van der Waals surface area contributed by atoms with Gasteiger partial charge >= 0.3 is 0 Å². The van der Waals surface area contributed by atoms with Crippen LogP contribution in [-0.4, -0.2) is 5.78 Å². The Morgan fingerprint density at radius 2 is 2.10 bits per heavy atom. The van der Waals surface area contributed by atoms with Crippen LogP contribution < -0.4 is 0 Å². The second-order valence-corrected chi connectivity index (χ2v) is 3.66. The van der Waals surface area contributed by atoms with Crippen LogP contribution in [0.25, 0.3) is 0 Å². The van der Waals surface area contributed by atoms with Crippen molar-refractivity contribution in [1.82, 2.24) is 0 Å². The van der Waals surface area contributed by atoms with Crippen molar-refractivity contribution in [2.45, 2.75) is 32.1 Å². The number of Topliss-reactive ketones (excluding diaryl/α,β-unsaturated/α-hetero) is 1. The predicted molar refractivity (Wildman–Crippen MR) is 39.7 cm³/mol. The summed E-state index contributed by atoms with van der Waals surface area (Å²) in [5.41, 5.74) is 1.38. The van der Waals surface area contributed by atoms with Gasteiger partial charge in [-0.3, -0.25) is 4.79 Å². The van der Waals surface area contributed by atoms with Crippen LogP contribution in [0, 0.1) is 5.41 Å². The monoisotopic (exact) mass is 136 g/mol. The van der Waals surface area contributed by atoms with Crippen molar-refractivity contribution < 1.29 is 4.79 Å². The fraction of sp³-hybridized carbons (Fsp3) is 0.667. The molecule has 0 heterocycles. The molecule has 0 aromatic carbocycles.